The number of aryl methyl sites for hydroxylation is 1. The summed E-state index contributed by atoms with van der Waals surface area (Å²) in [7, 11) is 0. The summed E-state index contributed by atoms with van der Waals surface area (Å²) in [6.07, 6.45) is 1.70. The van der Waals surface area contributed by atoms with E-state index in [9.17, 15) is 9.59 Å². The maximum atomic E-state index is 13.5. The number of amides is 2. The minimum Gasteiger partial charge on any atom is -0.454 e. The minimum atomic E-state index is -0.222. The van der Waals surface area contributed by atoms with Gasteiger partial charge in [0.25, 0.3) is 11.8 Å². The highest BCUT2D eigenvalue weighted by molar-refractivity contribution is 6.09. The second kappa shape index (κ2) is 10.4. The molecule has 0 bridgehead atoms. The summed E-state index contributed by atoms with van der Waals surface area (Å²) in [5.41, 5.74) is 5.10. The third-order valence-corrected chi connectivity index (χ3v) is 6.65. The maximum Gasteiger partial charge on any atom is 0.294 e. The van der Waals surface area contributed by atoms with E-state index in [0.717, 1.165) is 27.9 Å². The van der Waals surface area contributed by atoms with Gasteiger partial charge in [0.15, 0.2) is 23.0 Å². The second-order valence-electron chi connectivity index (χ2n) is 9.45. The molecule has 0 spiro atoms. The molecule has 0 aliphatic carbocycles. The largest absolute Gasteiger partial charge is 0.454 e. The van der Waals surface area contributed by atoms with Crippen molar-refractivity contribution in [1.82, 2.24) is 5.32 Å². The van der Waals surface area contributed by atoms with Crippen molar-refractivity contribution < 1.29 is 23.8 Å². The molecule has 0 unspecified atom stereocenters. The number of rotatable bonds is 6. The van der Waals surface area contributed by atoms with Crippen LogP contribution >= 0.6 is 0 Å². The molecule has 0 fully saturated rings. The fourth-order valence-corrected chi connectivity index (χ4v) is 4.51. The molecule has 2 heterocycles. The van der Waals surface area contributed by atoms with Crippen molar-refractivity contribution >= 4 is 23.6 Å². The van der Waals surface area contributed by atoms with Crippen LogP contribution in [0, 0.1) is 6.92 Å². The third-order valence-electron chi connectivity index (χ3n) is 6.65. The lowest BCUT2D eigenvalue weighted by Gasteiger charge is -2.30. The van der Waals surface area contributed by atoms with Crippen molar-refractivity contribution in [3.8, 4) is 17.2 Å². The number of anilines is 1. The van der Waals surface area contributed by atoms with Crippen molar-refractivity contribution in [2.45, 2.75) is 20.0 Å². The van der Waals surface area contributed by atoms with Crippen LogP contribution in [0.1, 0.15) is 32.6 Å². The Balaban J connectivity index is 1.17. The van der Waals surface area contributed by atoms with Gasteiger partial charge in [-0.2, -0.15) is 0 Å². The first-order chi connectivity index (χ1) is 19.0. The van der Waals surface area contributed by atoms with Gasteiger partial charge < -0.3 is 19.5 Å². The average Bonchev–Trinajstić information content (AvgIpc) is 3.43. The highest BCUT2D eigenvalue weighted by Crippen LogP contribution is 2.36. The summed E-state index contributed by atoms with van der Waals surface area (Å²) in [5.74, 6) is 1.81. The molecule has 0 radical (unpaired) electrons. The number of hydrogen-bond donors (Lipinski definition) is 1. The van der Waals surface area contributed by atoms with Gasteiger partial charge in [-0.25, -0.2) is 0 Å². The number of hydrogen-bond acceptors (Lipinski definition) is 5. The molecule has 4 aromatic carbocycles. The Labute approximate surface area is 226 Å². The van der Waals surface area contributed by atoms with E-state index in [-0.39, 0.29) is 24.4 Å². The lowest BCUT2D eigenvalue weighted by atomic mass is 10.1. The van der Waals surface area contributed by atoms with Crippen LogP contribution in [0.25, 0.3) is 6.08 Å². The summed E-state index contributed by atoms with van der Waals surface area (Å²) in [6, 6.07) is 28.3. The van der Waals surface area contributed by atoms with Gasteiger partial charge in [0.1, 0.15) is 0 Å². The van der Waals surface area contributed by atoms with E-state index in [1.165, 1.54) is 0 Å². The van der Waals surface area contributed by atoms with Crippen LogP contribution < -0.4 is 24.4 Å². The van der Waals surface area contributed by atoms with Crippen molar-refractivity contribution in [3.63, 3.8) is 0 Å². The maximum absolute atomic E-state index is 13.5. The first kappa shape index (κ1) is 24.3. The van der Waals surface area contributed by atoms with E-state index < -0.39 is 0 Å². The summed E-state index contributed by atoms with van der Waals surface area (Å²) in [6.45, 7) is 3.04. The van der Waals surface area contributed by atoms with Crippen LogP contribution in [0.15, 0.2) is 96.8 Å². The van der Waals surface area contributed by atoms with E-state index in [1.807, 2.05) is 73.7 Å². The number of para-hydroxylation sites is 2. The van der Waals surface area contributed by atoms with Crippen molar-refractivity contribution in [1.29, 1.82) is 0 Å². The summed E-state index contributed by atoms with van der Waals surface area (Å²) in [5, 5.41) is 2.92. The Morgan fingerprint density at radius 2 is 1.62 bits per heavy atom. The zero-order valence-electron chi connectivity index (χ0n) is 21.3. The van der Waals surface area contributed by atoms with Crippen LogP contribution in [-0.4, -0.2) is 18.6 Å². The van der Waals surface area contributed by atoms with Crippen LogP contribution in [-0.2, 0) is 17.9 Å². The number of carbonyl (C=O) groups excluding carboxylic acids is 2. The van der Waals surface area contributed by atoms with Crippen LogP contribution in [0.3, 0.4) is 0 Å². The molecule has 0 saturated carbocycles. The van der Waals surface area contributed by atoms with Crippen molar-refractivity contribution in [2.24, 2.45) is 0 Å². The highest BCUT2D eigenvalue weighted by Gasteiger charge is 2.30. The molecule has 39 heavy (non-hydrogen) atoms. The molecule has 0 saturated heterocycles. The molecule has 7 nitrogen and oxygen atoms in total. The second-order valence-corrected chi connectivity index (χ2v) is 9.45. The molecule has 6 rings (SSSR count). The minimum absolute atomic E-state index is 0.199. The standard InChI is InChI=1S/C32H26N2O5/c1-21-6-8-23(9-7-21)19-34-26-4-2-3-5-27(26)39-30(32(34)36)16-22-10-13-25(14-11-22)31(35)33-18-24-12-15-28-29(17-24)38-20-37-28/h2-17H,18-20H2,1H3,(H,33,35). The van der Waals surface area contributed by atoms with Crippen LogP contribution in [0.5, 0.6) is 17.2 Å². The fraction of sp³-hybridized carbons (Fsp3) is 0.125. The number of carbonyl (C=O) groups is 2. The van der Waals surface area contributed by atoms with Gasteiger partial charge in [0.2, 0.25) is 6.79 Å². The molecule has 2 aliphatic heterocycles. The molecule has 1 N–H and O–H groups in total. The van der Waals surface area contributed by atoms with E-state index >= 15 is 0 Å². The number of nitrogens with one attached hydrogen (secondary N) is 1. The SMILES string of the molecule is Cc1ccc(CN2C(=O)C(=Cc3ccc(C(=O)NCc4ccc5c(c4)OCO5)cc3)Oc3ccccc32)cc1. The lowest BCUT2D eigenvalue weighted by Crippen LogP contribution is -2.36. The number of ether oxygens (including phenoxy) is 3. The predicted octanol–water partition coefficient (Wildman–Crippen LogP) is 5.62. The Morgan fingerprint density at radius 3 is 2.44 bits per heavy atom. The van der Waals surface area contributed by atoms with Crippen LogP contribution in [0.4, 0.5) is 5.69 Å². The first-order valence-electron chi connectivity index (χ1n) is 12.7. The van der Waals surface area contributed by atoms with Crippen molar-refractivity contribution in [2.75, 3.05) is 11.7 Å². The highest BCUT2D eigenvalue weighted by atomic mass is 16.7. The van der Waals surface area contributed by atoms with Gasteiger partial charge in [0.05, 0.1) is 12.2 Å². The first-order valence-corrected chi connectivity index (χ1v) is 12.7. The summed E-state index contributed by atoms with van der Waals surface area (Å²) < 4.78 is 16.7. The number of benzene rings is 4. The smallest absolute Gasteiger partial charge is 0.294 e. The Hall–Kier alpha value is -5.04. The lowest BCUT2D eigenvalue weighted by molar-refractivity contribution is -0.117. The predicted molar refractivity (Wildman–Crippen MR) is 148 cm³/mol. The van der Waals surface area contributed by atoms with Gasteiger partial charge >= 0.3 is 0 Å². The van der Waals surface area contributed by atoms with Gasteiger partial charge in [-0.3, -0.25) is 14.5 Å². The molecular weight excluding hydrogens is 492 g/mol. The normalized spacial score (nSPS) is 14.6. The number of fused-ring (bicyclic) bond motifs is 2. The van der Waals surface area contributed by atoms with Crippen molar-refractivity contribution in [3.05, 3.63) is 125 Å². The molecule has 0 atom stereocenters. The van der Waals surface area contributed by atoms with Gasteiger partial charge in [0, 0.05) is 12.1 Å². The van der Waals surface area contributed by atoms with Gasteiger partial charge in [-0.15, -0.1) is 0 Å². The monoisotopic (exact) mass is 518 g/mol. The molecule has 0 aromatic heterocycles. The Kier molecular flexibility index (Phi) is 6.47. The zero-order chi connectivity index (χ0) is 26.8. The van der Waals surface area contributed by atoms with E-state index in [1.54, 1.807) is 35.2 Å². The Bertz CT molecular complexity index is 1580. The zero-order valence-corrected chi connectivity index (χ0v) is 21.3. The molecule has 2 aliphatic rings. The topological polar surface area (TPSA) is 77.1 Å². The molecule has 4 aromatic rings. The molecule has 7 heteroatoms. The molecule has 2 amide bonds. The van der Waals surface area contributed by atoms with E-state index in [2.05, 4.69) is 5.32 Å². The number of nitrogens with zero attached hydrogens (tertiary/aromatic N) is 1. The third kappa shape index (κ3) is 5.20. The van der Waals surface area contributed by atoms with E-state index in [4.69, 9.17) is 14.2 Å². The van der Waals surface area contributed by atoms with Crippen LogP contribution in [0.2, 0.25) is 0 Å². The van der Waals surface area contributed by atoms with Gasteiger partial charge in [-0.05, 0) is 66.1 Å². The Morgan fingerprint density at radius 1 is 0.872 bits per heavy atom. The quantitative estimate of drug-likeness (QED) is 0.335. The molecular formula is C32H26N2O5. The van der Waals surface area contributed by atoms with Gasteiger partial charge in [-0.1, -0.05) is 60.2 Å². The summed E-state index contributed by atoms with van der Waals surface area (Å²) >= 11 is 0. The van der Waals surface area contributed by atoms with E-state index in [0.29, 0.717) is 35.9 Å². The fourth-order valence-electron chi connectivity index (χ4n) is 4.51. The average molecular weight is 519 g/mol. The molecule has 194 valence electrons. The summed E-state index contributed by atoms with van der Waals surface area (Å²) in [4.78, 5) is 27.9.